The van der Waals surface area contributed by atoms with Gasteiger partial charge in [0.15, 0.2) is 16.6 Å². The first kappa shape index (κ1) is 21.1. The van der Waals surface area contributed by atoms with Crippen LogP contribution in [0.25, 0.3) is 10.2 Å². The lowest BCUT2D eigenvalue weighted by atomic mass is 9.98. The van der Waals surface area contributed by atoms with Crippen LogP contribution in [-0.2, 0) is 9.59 Å². The lowest BCUT2D eigenvalue weighted by molar-refractivity contribution is -0.131. The molecule has 0 aliphatic carbocycles. The number of hydrogen-bond acceptors (Lipinski definition) is 6. The molecule has 8 heteroatoms. The second kappa shape index (κ2) is 8.93. The van der Waals surface area contributed by atoms with E-state index >= 15 is 0 Å². The van der Waals surface area contributed by atoms with Gasteiger partial charge in [-0.25, -0.2) is 4.98 Å². The summed E-state index contributed by atoms with van der Waals surface area (Å²) >= 11 is 1.43. The summed E-state index contributed by atoms with van der Waals surface area (Å²) in [5, 5.41) is 3.39. The second-order valence-corrected chi connectivity index (χ2v) is 8.54. The van der Waals surface area contributed by atoms with Crippen LogP contribution in [0.1, 0.15) is 30.4 Å². The summed E-state index contributed by atoms with van der Waals surface area (Å²) in [6, 6.07) is 11.7. The number of carbonyl (C=O) groups is 2. The summed E-state index contributed by atoms with van der Waals surface area (Å²) in [6.07, 6.45) is 0.367. The number of fused-ring (bicyclic) bond motifs is 1. The zero-order valence-corrected chi connectivity index (χ0v) is 18.6. The Bertz CT molecular complexity index is 1130. The molecule has 4 rings (SSSR count). The standard InChI is InChI=1S/C23H25N3O4S/c1-4-30-18-10-15(8-9-17(18)29-3)16-11-21(28)26(12-16)13-20(27)24-23-25-22-14(2)6-5-7-19(22)31-23/h5-10,16H,4,11-13H2,1-3H3,(H,24,25,27)/t16-/m1/s1. The molecule has 31 heavy (non-hydrogen) atoms. The highest BCUT2D eigenvalue weighted by atomic mass is 32.1. The van der Waals surface area contributed by atoms with Gasteiger partial charge in [-0.3, -0.25) is 9.59 Å². The molecule has 1 saturated heterocycles. The van der Waals surface area contributed by atoms with Crippen molar-refractivity contribution in [1.29, 1.82) is 0 Å². The maximum absolute atomic E-state index is 12.6. The van der Waals surface area contributed by atoms with Gasteiger partial charge < -0.3 is 19.7 Å². The van der Waals surface area contributed by atoms with E-state index in [9.17, 15) is 9.59 Å². The van der Waals surface area contributed by atoms with E-state index in [-0.39, 0.29) is 24.3 Å². The monoisotopic (exact) mass is 439 g/mol. The van der Waals surface area contributed by atoms with Gasteiger partial charge in [0.1, 0.15) is 0 Å². The molecular weight excluding hydrogens is 414 g/mol. The predicted octanol–water partition coefficient (Wildman–Crippen LogP) is 3.97. The summed E-state index contributed by atoms with van der Waals surface area (Å²) in [4.78, 5) is 31.2. The number of ether oxygens (including phenoxy) is 2. The summed E-state index contributed by atoms with van der Waals surface area (Å²) < 4.78 is 12.0. The Hall–Kier alpha value is -3.13. The molecule has 3 aromatic rings. The number of aromatic nitrogens is 1. The highest BCUT2D eigenvalue weighted by Crippen LogP contribution is 2.35. The van der Waals surface area contributed by atoms with E-state index in [0.29, 0.717) is 36.2 Å². The van der Waals surface area contributed by atoms with Gasteiger partial charge in [0.05, 0.1) is 30.5 Å². The molecule has 162 valence electrons. The van der Waals surface area contributed by atoms with Crippen molar-refractivity contribution in [3.8, 4) is 11.5 Å². The van der Waals surface area contributed by atoms with Crippen LogP contribution in [-0.4, -0.2) is 48.5 Å². The van der Waals surface area contributed by atoms with Crippen LogP contribution in [0.5, 0.6) is 11.5 Å². The maximum Gasteiger partial charge on any atom is 0.245 e. The Labute approximate surface area is 185 Å². The molecule has 1 atom stereocenters. The number of anilines is 1. The minimum absolute atomic E-state index is 0.00973. The number of aryl methyl sites for hydroxylation is 1. The second-order valence-electron chi connectivity index (χ2n) is 7.51. The third kappa shape index (κ3) is 4.49. The van der Waals surface area contributed by atoms with Crippen molar-refractivity contribution in [3.63, 3.8) is 0 Å². The van der Waals surface area contributed by atoms with Crippen molar-refractivity contribution in [2.75, 3.05) is 32.1 Å². The van der Waals surface area contributed by atoms with E-state index in [2.05, 4.69) is 10.3 Å². The van der Waals surface area contributed by atoms with Crippen LogP contribution in [0.15, 0.2) is 36.4 Å². The average molecular weight is 440 g/mol. The highest BCUT2D eigenvalue weighted by molar-refractivity contribution is 7.22. The Balaban J connectivity index is 1.41. The fraction of sp³-hybridized carbons (Fsp3) is 0.348. The van der Waals surface area contributed by atoms with Gasteiger partial charge in [0.25, 0.3) is 0 Å². The van der Waals surface area contributed by atoms with E-state index in [1.165, 1.54) is 11.3 Å². The molecule has 1 fully saturated rings. The van der Waals surface area contributed by atoms with E-state index < -0.39 is 0 Å². The first-order chi connectivity index (χ1) is 15.0. The number of amides is 2. The van der Waals surface area contributed by atoms with Crippen LogP contribution in [0.2, 0.25) is 0 Å². The van der Waals surface area contributed by atoms with E-state index in [4.69, 9.17) is 9.47 Å². The molecule has 0 radical (unpaired) electrons. The fourth-order valence-corrected chi connectivity index (χ4v) is 4.80. The fourth-order valence-electron chi connectivity index (χ4n) is 3.84. The molecule has 7 nitrogen and oxygen atoms in total. The van der Waals surface area contributed by atoms with Crippen LogP contribution >= 0.6 is 11.3 Å². The lowest BCUT2D eigenvalue weighted by Gasteiger charge is -2.17. The third-order valence-electron chi connectivity index (χ3n) is 5.37. The largest absolute Gasteiger partial charge is 0.493 e. The zero-order chi connectivity index (χ0) is 22.0. The first-order valence-corrected chi connectivity index (χ1v) is 11.0. The SMILES string of the molecule is CCOc1cc([C@@H]2CC(=O)N(CC(=O)Nc3nc4c(C)cccc4s3)C2)ccc1OC. The lowest BCUT2D eigenvalue weighted by Crippen LogP contribution is -2.34. The molecule has 0 saturated carbocycles. The first-order valence-electron chi connectivity index (χ1n) is 10.2. The minimum Gasteiger partial charge on any atom is -0.493 e. The van der Waals surface area contributed by atoms with Crippen molar-refractivity contribution >= 4 is 38.5 Å². The summed E-state index contributed by atoms with van der Waals surface area (Å²) in [5.74, 6) is 1.06. The number of hydrogen-bond donors (Lipinski definition) is 1. The molecule has 1 aliphatic rings. The smallest absolute Gasteiger partial charge is 0.245 e. The third-order valence-corrected chi connectivity index (χ3v) is 6.31. The van der Waals surface area contributed by atoms with E-state index in [1.54, 1.807) is 12.0 Å². The van der Waals surface area contributed by atoms with E-state index in [1.807, 2.05) is 50.2 Å². The Morgan fingerprint density at radius 1 is 1.29 bits per heavy atom. The minimum atomic E-state index is -0.240. The predicted molar refractivity (Wildman–Crippen MR) is 121 cm³/mol. The summed E-state index contributed by atoms with van der Waals surface area (Å²) in [5.41, 5.74) is 2.96. The quantitative estimate of drug-likeness (QED) is 0.603. The Kier molecular flexibility index (Phi) is 6.08. The normalized spacial score (nSPS) is 16.0. The molecule has 2 amide bonds. The van der Waals surface area contributed by atoms with Gasteiger partial charge in [0, 0.05) is 18.9 Å². The Morgan fingerprint density at radius 3 is 2.87 bits per heavy atom. The summed E-state index contributed by atoms with van der Waals surface area (Å²) in [7, 11) is 1.60. The molecule has 2 heterocycles. The molecule has 1 N–H and O–H groups in total. The van der Waals surface area contributed by atoms with Gasteiger partial charge in [-0.05, 0) is 43.2 Å². The van der Waals surface area contributed by atoms with Crippen LogP contribution in [0.3, 0.4) is 0 Å². The maximum atomic E-state index is 12.6. The van der Waals surface area contributed by atoms with Crippen molar-refractivity contribution in [2.24, 2.45) is 0 Å². The zero-order valence-electron chi connectivity index (χ0n) is 17.8. The molecule has 2 aromatic carbocycles. The van der Waals surface area contributed by atoms with Gasteiger partial charge in [-0.2, -0.15) is 0 Å². The van der Waals surface area contributed by atoms with Crippen molar-refractivity contribution in [3.05, 3.63) is 47.5 Å². The van der Waals surface area contributed by atoms with Gasteiger partial charge in [-0.15, -0.1) is 0 Å². The van der Waals surface area contributed by atoms with Crippen LogP contribution in [0.4, 0.5) is 5.13 Å². The number of carbonyl (C=O) groups excluding carboxylic acids is 2. The molecular formula is C23H25N3O4S. The van der Waals surface area contributed by atoms with Gasteiger partial charge in [-0.1, -0.05) is 29.5 Å². The topological polar surface area (TPSA) is 80.8 Å². The van der Waals surface area contributed by atoms with Crippen LogP contribution in [0, 0.1) is 6.92 Å². The van der Waals surface area contributed by atoms with Crippen molar-refractivity contribution in [1.82, 2.24) is 9.88 Å². The van der Waals surface area contributed by atoms with Crippen molar-refractivity contribution in [2.45, 2.75) is 26.2 Å². The number of benzene rings is 2. The van der Waals surface area contributed by atoms with Crippen molar-refractivity contribution < 1.29 is 19.1 Å². The molecule has 1 aliphatic heterocycles. The summed E-state index contributed by atoms with van der Waals surface area (Å²) in [6.45, 7) is 4.94. The highest BCUT2D eigenvalue weighted by Gasteiger charge is 2.32. The number of nitrogens with zero attached hydrogens (tertiary/aromatic N) is 2. The van der Waals surface area contributed by atoms with E-state index in [0.717, 1.165) is 21.3 Å². The van der Waals surface area contributed by atoms with Crippen LogP contribution < -0.4 is 14.8 Å². The number of methoxy groups -OCH3 is 1. The number of thiazole rings is 1. The van der Waals surface area contributed by atoms with Gasteiger partial charge in [0.2, 0.25) is 11.8 Å². The molecule has 0 unspecified atom stereocenters. The Morgan fingerprint density at radius 2 is 2.13 bits per heavy atom. The van der Waals surface area contributed by atoms with Gasteiger partial charge >= 0.3 is 0 Å². The average Bonchev–Trinajstić information content (AvgIpc) is 3.32. The number of rotatable bonds is 7. The molecule has 1 aromatic heterocycles. The molecule has 0 bridgehead atoms. The number of para-hydroxylation sites is 1. The molecule has 0 spiro atoms. The number of likely N-dealkylation sites (tertiary alicyclic amines) is 1. The number of nitrogens with one attached hydrogen (secondary N) is 1.